The number of rotatable bonds is 8. The van der Waals surface area contributed by atoms with E-state index in [9.17, 15) is 0 Å². The van der Waals surface area contributed by atoms with E-state index in [1.54, 1.807) is 0 Å². The fraction of sp³-hybridized carbons (Fsp3) is 0.583. The molecule has 0 amide bonds. The predicted octanol–water partition coefficient (Wildman–Crippen LogP) is 1.13. The number of ether oxygens (including phenoxy) is 1. The van der Waals surface area contributed by atoms with Crippen LogP contribution in [0, 0.1) is 0 Å². The summed E-state index contributed by atoms with van der Waals surface area (Å²) in [6.07, 6.45) is 1.91. The highest BCUT2D eigenvalue weighted by Crippen LogP contribution is 2.12. The predicted molar refractivity (Wildman–Crippen MR) is 76.2 cm³/mol. The first-order valence-corrected chi connectivity index (χ1v) is 6.83. The summed E-state index contributed by atoms with van der Waals surface area (Å²) in [5.74, 6) is 1.55. The van der Waals surface area contributed by atoms with Crippen molar-refractivity contribution in [3.8, 4) is 6.01 Å². The molecule has 0 aliphatic heterocycles. The van der Waals surface area contributed by atoms with E-state index < -0.39 is 0 Å². The lowest BCUT2D eigenvalue weighted by atomic mass is 10.4. The van der Waals surface area contributed by atoms with Gasteiger partial charge < -0.3 is 19.9 Å². The minimum absolute atomic E-state index is 0.00550. The second kappa shape index (κ2) is 7.36. The molecule has 0 aliphatic carbocycles. The molecule has 9 heteroatoms. The zero-order chi connectivity index (χ0) is 15.1. The summed E-state index contributed by atoms with van der Waals surface area (Å²) >= 11 is 0. The maximum absolute atomic E-state index is 5.51. The third-order valence-corrected chi connectivity index (χ3v) is 2.33. The highest BCUT2D eigenvalue weighted by Gasteiger charge is 2.09. The van der Waals surface area contributed by atoms with Crippen LogP contribution in [0.2, 0.25) is 0 Å². The van der Waals surface area contributed by atoms with E-state index in [0.29, 0.717) is 37.2 Å². The van der Waals surface area contributed by atoms with Gasteiger partial charge in [-0.15, -0.1) is 0 Å². The summed E-state index contributed by atoms with van der Waals surface area (Å²) in [6, 6.07) is 0.290. The van der Waals surface area contributed by atoms with Crippen molar-refractivity contribution in [2.45, 2.75) is 33.3 Å². The molecule has 21 heavy (non-hydrogen) atoms. The number of hydrogen-bond donors (Lipinski definition) is 2. The molecule has 0 saturated carbocycles. The topological polar surface area (TPSA) is 111 Å². The largest absolute Gasteiger partial charge is 0.461 e. The molecular formula is C12H19N7O2. The van der Waals surface area contributed by atoms with E-state index in [1.807, 2.05) is 20.8 Å². The molecule has 0 aliphatic rings. The Morgan fingerprint density at radius 1 is 1.19 bits per heavy atom. The molecule has 2 aromatic heterocycles. The van der Waals surface area contributed by atoms with Crippen LogP contribution in [0.15, 0.2) is 10.9 Å². The third kappa shape index (κ3) is 4.86. The highest BCUT2D eigenvalue weighted by molar-refractivity contribution is 5.35. The average molecular weight is 293 g/mol. The van der Waals surface area contributed by atoms with Crippen molar-refractivity contribution >= 4 is 11.9 Å². The van der Waals surface area contributed by atoms with Crippen LogP contribution in [-0.4, -0.2) is 44.3 Å². The lowest BCUT2D eigenvalue weighted by Gasteiger charge is -2.11. The van der Waals surface area contributed by atoms with Crippen LogP contribution >= 0.6 is 0 Å². The lowest BCUT2D eigenvalue weighted by Crippen LogP contribution is -2.15. The van der Waals surface area contributed by atoms with Crippen molar-refractivity contribution < 1.29 is 9.26 Å². The maximum atomic E-state index is 5.51. The van der Waals surface area contributed by atoms with Gasteiger partial charge in [-0.25, -0.2) is 0 Å². The molecule has 0 unspecified atom stereocenters. The second-order valence-electron chi connectivity index (χ2n) is 4.49. The number of anilines is 2. The SMILES string of the molecule is CCNc1nc(NCCc2ncon2)nc(OC(C)C)n1. The second-order valence-corrected chi connectivity index (χ2v) is 4.49. The molecule has 0 saturated heterocycles. The molecule has 9 nitrogen and oxygen atoms in total. The molecule has 0 bridgehead atoms. The van der Waals surface area contributed by atoms with Crippen LogP contribution in [0.1, 0.15) is 26.6 Å². The lowest BCUT2D eigenvalue weighted by molar-refractivity contribution is 0.222. The van der Waals surface area contributed by atoms with Crippen LogP contribution in [0.4, 0.5) is 11.9 Å². The first kappa shape index (κ1) is 14.9. The first-order valence-electron chi connectivity index (χ1n) is 6.83. The Morgan fingerprint density at radius 3 is 2.57 bits per heavy atom. The first-order chi connectivity index (χ1) is 10.2. The molecular weight excluding hydrogens is 274 g/mol. The van der Waals surface area contributed by atoms with Gasteiger partial charge in [0.15, 0.2) is 5.82 Å². The van der Waals surface area contributed by atoms with Gasteiger partial charge in [0.05, 0.1) is 6.10 Å². The van der Waals surface area contributed by atoms with Crippen molar-refractivity contribution in [3.05, 3.63) is 12.2 Å². The van der Waals surface area contributed by atoms with Gasteiger partial charge in [-0.2, -0.15) is 19.9 Å². The Hall–Kier alpha value is -2.45. The Bertz CT molecular complexity index is 545. The molecule has 0 aromatic carbocycles. The fourth-order valence-corrected chi connectivity index (χ4v) is 1.52. The zero-order valence-corrected chi connectivity index (χ0v) is 12.3. The summed E-state index contributed by atoms with van der Waals surface area (Å²) in [4.78, 5) is 16.6. The summed E-state index contributed by atoms with van der Waals surface area (Å²) in [6.45, 7) is 7.10. The van der Waals surface area contributed by atoms with Crippen LogP contribution < -0.4 is 15.4 Å². The Morgan fingerprint density at radius 2 is 1.95 bits per heavy atom. The third-order valence-electron chi connectivity index (χ3n) is 2.33. The normalized spacial score (nSPS) is 10.7. The molecule has 2 N–H and O–H groups in total. The van der Waals surface area contributed by atoms with Gasteiger partial charge in [-0.05, 0) is 20.8 Å². The van der Waals surface area contributed by atoms with Crippen molar-refractivity contribution in [2.75, 3.05) is 23.7 Å². The van der Waals surface area contributed by atoms with Crippen LogP contribution in [0.3, 0.4) is 0 Å². The Labute approximate surface area is 122 Å². The van der Waals surface area contributed by atoms with Gasteiger partial charge >= 0.3 is 6.01 Å². The molecule has 0 fully saturated rings. The molecule has 0 radical (unpaired) electrons. The van der Waals surface area contributed by atoms with Gasteiger partial charge in [-0.3, -0.25) is 0 Å². The smallest absolute Gasteiger partial charge is 0.323 e. The van der Waals surface area contributed by atoms with Gasteiger partial charge in [0.2, 0.25) is 18.3 Å². The van der Waals surface area contributed by atoms with E-state index >= 15 is 0 Å². The van der Waals surface area contributed by atoms with E-state index in [4.69, 9.17) is 4.74 Å². The van der Waals surface area contributed by atoms with Gasteiger partial charge in [0, 0.05) is 19.5 Å². The van der Waals surface area contributed by atoms with Gasteiger partial charge in [0.25, 0.3) is 0 Å². The average Bonchev–Trinajstić information content (AvgIpc) is 2.91. The molecule has 2 heterocycles. The molecule has 0 spiro atoms. The monoisotopic (exact) mass is 293 g/mol. The molecule has 2 aromatic rings. The van der Waals surface area contributed by atoms with E-state index in [0.717, 1.165) is 0 Å². The van der Waals surface area contributed by atoms with Crippen LogP contribution in [0.5, 0.6) is 6.01 Å². The Kier molecular flexibility index (Phi) is 5.24. The van der Waals surface area contributed by atoms with Crippen molar-refractivity contribution in [3.63, 3.8) is 0 Å². The standard InChI is InChI=1S/C12H19N7O2/c1-4-13-10-16-11(18-12(17-10)21-8(2)3)14-6-5-9-15-7-20-19-9/h7-8H,4-6H2,1-3H3,(H2,13,14,16,17,18). The number of nitrogens with one attached hydrogen (secondary N) is 2. The van der Waals surface area contributed by atoms with Crippen LogP contribution in [0.25, 0.3) is 0 Å². The van der Waals surface area contributed by atoms with E-state index in [-0.39, 0.29) is 12.1 Å². The number of nitrogens with zero attached hydrogens (tertiary/aromatic N) is 5. The number of aromatic nitrogens is 5. The van der Waals surface area contributed by atoms with Crippen molar-refractivity contribution in [2.24, 2.45) is 0 Å². The summed E-state index contributed by atoms with van der Waals surface area (Å²) in [5.41, 5.74) is 0. The van der Waals surface area contributed by atoms with Crippen molar-refractivity contribution in [1.29, 1.82) is 0 Å². The van der Waals surface area contributed by atoms with Crippen LogP contribution in [-0.2, 0) is 6.42 Å². The molecule has 114 valence electrons. The maximum Gasteiger partial charge on any atom is 0.323 e. The summed E-state index contributed by atoms with van der Waals surface area (Å²) < 4.78 is 10.2. The van der Waals surface area contributed by atoms with Gasteiger partial charge in [-0.1, -0.05) is 5.16 Å². The quantitative estimate of drug-likeness (QED) is 0.739. The van der Waals surface area contributed by atoms with Gasteiger partial charge in [0.1, 0.15) is 0 Å². The zero-order valence-electron chi connectivity index (χ0n) is 12.3. The summed E-state index contributed by atoms with van der Waals surface area (Å²) in [7, 11) is 0. The van der Waals surface area contributed by atoms with Crippen molar-refractivity contribution in [1.82, 2.24) is 25.1 Å². The molecule has 0 atom stereocenters. The minimum Gasteiger partial charge on any atom is -0.461 e. The fourth-order valence-electron chi connectivity index (χ4n) is 1.52. The highest BCUT2D eigenvalue weighted by atomic mass is 16.5. The minimum atomic E-state index is -0.00550. The summed E-state index contributed by atoms with van der Waals surface area (Å²) in [5, 5.41) is 9.87. The molecule has 2 rings (SSSR count). The number of hydrogen-bond acceptors (Lipinski definition) is 9. The van der Waals surface area contributed by atoms with E-state index in [2.05, 4.69) is 40.2 Å². The van der Waals surface area contributed by atoms with E-state index in [1.165, 1.54) is 6.39 Å². The Balaban J connectivity index is 2.00.